The Bertz CT molecular complexity index is 2130. The average Bonchev–Trinajstić information content (AvgIpc) is 3.36. The molecule has 1 aliphatic rings. The molecule has 0 saturated carbocycles. The number of ether oxygens (including phenoxy) is 1. The second-order valence-electron chi connectivity index (χ2n) is 15.2. The maximum atomic E-state index is 11.2. The van der Waals surface area contributed by atoms with E-state index in [9.17, 15) is 9.59 Å². The number of esters is 1. The topological polar surface area (TPSA) is 126 Å². The molecule has 9 nitrogen and oxygen atoms in total. The number of nitrogens with one attached hydrogen (secondary N) is 2. The number of carbonyl (C=O) groups is 2. The van der Waals surface area contributed by atoms with Crippen LogP contribution in [0.2, 0.25) is 6.82 Å². The fourth-order valence-corrected chi connectivity index (χ4v) is 6.23. The van der Waals surface area contributed by atoms with Crippen LogP contribution in [0.3, 0.4) is 0 Å². The van der Waals surface area contributed by atoms with Gasteiger partial charge in [0.2, 0.25) is 0 Å². The Labute approximate surface area is 416 Å². The van der Waals surface area contributed by atoms with E-state index in [2.05, 4.69) is 142 Å². The monoisotopic (exact) mass is 949 g/mol. The Morgan fingerprint density at radius 1 is 0.803 bits per heavy atom. The number of nitrogens with zero attached hydrogens (tertiary/aromatic N) is 3. The zero-order chi connectivity index (χ0) is 47.7. The van der Waals surface area contributed by atoms with Crippen molar-refractivity contribution in [3.63, 3.8) is 0 Å². The van der Waals surface area contributed by atoms with Crippen LogP contribution in [0, 0.1) is 19.8 Å². The van der Waals surface area contributed by atoms with Gasteiger partial charge in [0, 0.05) is 30.2 Å². The van der Waals surface area contributed by atoms with Crippen LogP contribution in [0.25, 0.3) is 11.3 Å². The van der Waals surface area contributed by atoms with Gasteiger partial charge in [0.25, 0.3) is 0 Å². The van der Waals surface area contributed by atoms with Gasteiger partial charge in [-0.1, -0.05) is 150 Å². The standard InChI is InChI=1S/C13H19N.C13H13N.C10H12N2O3.C7H9BO.C7H8BrN.C4H9.Li/c2*1-2-11-8-9-13(14-10-11)12-6-4-3-5-7-12;1-3-15-10(14)9(13)12-8-4-7(2)5-11-6-8;1-8(9)7-5-3-2-4-6-7;1-2-6-3-4-7(8)9-5-6;1-3-4-2;/h3-7,11,13-14H,2,8-10H2,1H3;3-10H,2H2,1H3;4-6H,3H2,1-2H3,(H,12,13);2-6,9H,1H3;3-5H,2H2,1H3;1,3-4H2,2H3;/q;;;;;-1;+1. The van der Waals surface area contributed by atoms with Crippen LogP contribution in [0.5, 0.6) is 0 Å². The van der Waals surface area contributed by atoms with Crippen LogP contribution >= 0.6 is 15.9 Å². The number of unbranched alkanes of at least 4 members (excludes halogenated alkanes) is 1. The second-order valence-corrected chi connectivity index (χ2v) is 16.0. The molecule has 0 bridgehead atoms. The molecule has 4 heterocycles. The van der Waals surface area contributed by atoms with Crippen LogP contribution in [0.15, 0.2) is 151 Å². The molecule has 0 radical (unpaired) electrons. The molecule has 3 aromatic heterocycles. The first kappa shape index (κ1) is 59.1. The third-order valence-corrected chi connectivity index (χ3v) is 10.5. The van der Waals surface area contributed by atoms with E-state index in [1.165, 1.54) is 60.7 Å². The third-order valence-electron chi connectivity index (χ3n) is 10.0. The molecule has 1 fully saturated rings. The number of anilines is 1. The van der Waals surface area contributed by atoms with E-state index in [0.29, 0.717) is 11.7 Å². The molecule has 1 saturated heterocycles. The Hall–Kier alpha value is -4.89. The number of aromatic nitrogens is 3. The molecule has 1 amide bonds. The fourth-order valence-electron chi connectivity index (χ4n) is 6.00. The molecule has 2 atom stereocenters. The van der Waals surface area contributed by atoms with Crippen LogP contribution in [0.4, 0.5) is 5.69 Å². The number of pyridine rings is 3. The number of aryl methyl sites for hydroxylation is 3. The first-order valence-electron chi connectivity index (χ1n) is 22.8. The van der Waals surface area contributed by atoms with Crippen molar-refractivity contribution < 1.29 is 38.2 Å². The molecule has 2 unspecified atom stereocenters. The number of carbonyl (C=O) groups excluding carboxylic acids is 2. The predicted octanol–water partition coefficient (Wildman–Crippen LogP) is 8.88. The molecule has 6 aromatic rings. The van der Waals surface area contributed by atoms with Gasteiger partial charge < -0.3 is 27.3 Å². The molecule has 0 spiro atoms. The van der Waals surface area contributed by atoms with Gasteiger partial charge in [-0.25, -0.2) is 9.78 Å². The van der Waals surface area contributed by atoms with Crippen molar-refractivity contribution >= 4 is 45.9 Å². The van der Waals surface area contributed by atoms with Crippen molar-refractivity contribution in [1.82, 2.24) is 20.3 Å². The summed E-state index contributed by atoms with van der Waals surface area (Å²) in [7, 11) is 0. The first-order valence-corrected chi connectivity index (χ1v) is 23.6. The van der Waals surface area contributed by atoms with Gasteiger partial charge in [0.1, 0.15) is 4.60 Å². The zero-order valence-electron chi connectivity index (χ0n) is 40.6. The summed E-state index contributed by atoms with van der Waals surface area (Å²) < 4.78 is 5.44. The summed E-state index contributed by atoms with van der Waals surface area (Å²) >= 11 is 3.26. The SMILES string of the molecule is CB(O)c1ccccc1.CCC1CCC(c2ccccc2)NC1.CCOC(=O)C(=O)Nc1cncc(C)c1.CCc1ccc(-c2ccccc2)nc1.CCc1ccc(Br)nc1.[CH2-]CCC.[Li+]. The van der Waals surface area contributed by atoms with Crippen LogP contribution in [0.1, 0.15) is 95.0 Å². The number of amides is 1. The van der Waals surface area contributed by atoms with Gasteiger partial charge >= 0.3 is 37.7 Å². The summed E-state index contributed by atoms with van der Waals surface area (Å²) in [4.78, 5) is 34.5. The molecule has 7 rings (SSSR count). The Kier molecular flexibility index (Phi) is 32.5. The number of halogens is 1. The quantitative estimate of drug-likeness (QED) is 0.0432. The average molecular weight is 951 g/mol. The summed E-state index contributed by atoms with van der Waals surface area (Å²) in [6.07, 6.45) is 15.3. The van der Waals surface area contributed by atoms with Crippen molar-refractivity contribution in [2.75, 3.05) is 18.5 Å². The summed E-state index contributed by atoms with van der Waals surface area (Å²) in [5, 5.41) is 15.1. The van der Waals surface area contributed by atoms with E-state index in [0.717, 1.165) is 46.5 Å². The summed E-state index contributed by atoms with van der Waals surface area (Å²) in [6.45, 7) is 18.5. The smallest absolute Gasteiger partial charge is 0.459 e. The minimum absolute atomic E-state index is 0. The minimum Gasteiger partial charge on any atom is -0.459 e. The third kappa shape index (κ3) is 25.1. The van der Waals surface area contributed by atoms with Gasteiger partial charge in [0.15, 0.2) is 0 Å². The molecular formula is C54H70BBrLiN5O4. The van der Waals surface area contributed by atoms with Gasteiger partial charge in [0.05, 0.1) is 24.2 Å². The molecule has 0 aliphatic carbocycles. The van der Waals surface area contributed by atoms with E-state index < -0.39 is 11.9 Å². The Balaban J connectivity index is 0.000000408. The molecule has 1 aliphatic heterocycles. The fraction of sp³-hybridized carbons (Fsp3) is 0.333. The van der Waals surface area contributed by atoms with Gasteiger partial charge in [-0.3, -0.25) is 14.8 Å². The van der Waals surface area contributed by atoms with E-state index in [4.69, 9.17) is 5.02 Å². The van der Waals surface area contributed by atoms with Crippen molar-refractivity contribution in [1.29, 1.82) is 0 Å². The van der Waals surface area contributed by atoms with Crippen molar-refractivity contribution in [3.8, 4) is 11.3 Å². The molecule has 66 heavy (non-hydrogen) atoms. The Morgan fingerprint density at radius 2 is 1.38 bits per heavy atom. The summed E-state index contributed by atoms with van der Waals surface area (Å²) in [5.41, 5.74) is 8.57. The molecule has 346 valence electrons. The number of hydrogen-bond acceptors (Lipinski definition) is 8. The first-order chi connectivity index (χ1) is 31.5. The normalized spacial score (nSPS) is 13.1. The van der Waals surface area contributed by atoms with Gasteiger partial charge in [-0.15, -0.1) is 0 Å². The number of rotatable bonds is 9. The largest absolute Gasteiger partial charge is 1.00 e. The second kappa shape index (κ2) is 36.3. The van der Waals surface area contributed by atoms with Crippen molar-refractivity contribution in [2.45, 2.75) is 99.4 Å². The number of hydrogen-bond donors (Lipinski definition) is 3. The predicted molar refractivity (Wildman–Crippen MR) is 275 cm³/mol. The minimum atomic E-state index is -0.890. The van der Waals surface area contributed by atoms with Crippen LogP contribution in [-0.2, 0) is 27.2 Å². The Morgan fingerprint density at radius 3 is 1.82 bits per heavy atom. The van der Waals surface area contributed by atoms with E-state index in [1.807, 2.05) is 73.9 Å². The molecule has 3 N–H and O–H groups in total. The zero-order valence-corrected chi connectivity index (χ0v) is 42.1. The molecule has 12 heteroatoms. The van der Waals surface area contributed by atoms with Gasteiger partial charge in [-0.05, 0) is 114 Å². The van der Waals surface area contributed by atoms with E-state index in [1.54, 1.807) is 26.0 Å². The maximum Gasteiger partial charge on any atom is 1.00 e. The van der Waals surface area contributed by atoms with E-state index in [-0.39, 0.29) is 32.4 Å². The summed E-state index contributed by atoms with van der Waals surface area (Å²) in [6, 6.07) is 41.2. The molecule has 3 aromatic carbocycles. The van der Waals surface area contributed by atoms with E-state index >= 15 is 0 Å². The number of benzene rings is 3. The summed E-state index contributed by atoms with van der Waals surface area (Å²) in [5.74, 6) is -0.779. The van der Waals surface area contributed by atoms with Crippen LogP contribution in [-0.4, -0.2) is 51.9 Å². The van der Waals surface area contributed by atoms with Gasteiger partial charge in [-0.2, -0.15) is 6.42 Å². The maximum absolute atomic E-state index is 11.2. The van der Waals surface area contributed by atoms with Crippen LogP contribution < -0.4 is 35.0 Å². The molecular weight excluding hydrogens is 880 g/mol. The van der Waals surface area contributed by atoms with Crippen molar-refractivity contribution in [3.05, 3.63) is 180 Å². The number of piperidine rings is 1. The van der Waals surface area contributed by atoms with Crippen molar-refractivity contribution in [2.24, 2.45) is 5.92 Å².